The second-order valence-electron chi connectivity index (χ2n) is 7.56. The molecule has 0 N–H and O–H groups in total. The fraction of sp³-hybridized carbons (Fsp3) is 0.115. The third-order valence-electron chi connectivity index (χ3n) is 5.31. The Bertz CT molecular complexity index is 1320. The molecule has 2 amide bonds. The zero-order valence-corrected chi connectivity index (χ0v) is 18.3. The maximum Gasteiger partial charge on any atom is 0.271 e. The molecule has 5 nitrogen and oxygen atoms in total. The molecule has 0 saturated carbocycles. The number of benzene rings is 2. The van der Waals surface area contributed by atoms with Gasteiger partial charge in [0.15, 0.2) is 0 Å². The lowest BCUT2D eigenvalue weighted by Crippen LogP contribution is -2.42. The minimum Gasteiger partial charge on any atom is -0.457 e. The van der Waals surface area contributed by atoms with Crippen LogP contribution < -0.4 is 0 Å². The minimum absolute atomic E-state index is 0.0513. The van der Waals surface area contributed by atoms with E-state index in [1.54, 1.807) is 37.3 Å². The molecule has 32 heavy (non-hydrogen) atoms. The van der Waals surface area contributed by atoms with Crippen LogP contribution in [0.25, 0.3) is 17.4 Å². The molecular formula is C26H19ClN2O3. The first-order valence-corrected chi connectivity index (χ1v) is 10.4. The lowest BCUT2D eigenvalue weighted by atomic mass is 9.94. The number of imide groups is 1. The van der Waals surface area contributed by atoms with Crippen molar-refractivity contribution in [1.82, 2.24) is 4.90 Å². The number of hydrogen-bond acceptors (Lipinski definition) is 4. The molecule has 6 heteroatoms. The summed E-state index contributed by atoms with van der Waals surface area (Å²) in [6.45, 7) is 3.65. The van der Waals surface area contributed by atoms with Gasteiger partial charge in [0, 0.05) is 16.2 Å². The lowest BCUT2D eigenvalue weighted by molar-refractivity contribution is -0.141. The number of nitrogens with zero attached hydrogens (tertiary/aromatic N) is 2. The summed E-state index contributed by atoms with van der Waals surface area (Å²) < 4.78 is 5.89. The standard InChI is InChI=1S/C26H19ClN2O3/c1-16-6-8-18(9-7-16)15-29-25(30)22(17(2)23(14-28)26(29)31)13-21-10-11-24(32-21)19-4-3-5-20(27)12-19/h3-13H,15H2,1-2H3/b22-13+. The Hall–Kier alpha value is -3.88. The highest BCUT2D eigenvalue weighted by atomic mass is 35.5. The monoisotopic (exact) mass is 442 g/mol. The van der Waals surface area contributed by atoms with Crippen molar-refractivity contribution in [3.63, 3.8) is 0 Å². The number of carbonyl (C=O) groups excluding carboxylic acids is 2. The average Bonchev–Trinajstić information content (AvgIpc) is 3.25. The molecule has 0 bridgehead atoms. The van der Waals surface area contributed by atoms with Gasteiger partial charge in [-0.2, -0.15) is 5.26 Å². The minimum atomic E-state index is -0.591. The van der Waals surface area contributed by atoms with Crippen LogP contribution in [0.2, 0.25) is 5.02 Å². The van der Waals surface area contributed by atoms with Gasteiger partial charge in [0.25, 0.3) is 11.8 Å². The Morgan fingerprint density at radius 3 is 2.47 bits per heavy atom. The normalized spacial score (nSPS) is 15.4. The molecule has 0 saturated heterocycles. The Balaban J connectivity index is 1.71. The molecule has 0 unspecified atom stereocenters. The van der Waals surface area contributed by atoms with Gasteiger partial charge in [-0.25, -0.2) is 0 Å². The van der Waals surface area contributed by atoms with Crippen molar-refractivity contribution < 1.29 is 14.0 Å². The molecule has 2 heterocycles. The van der Waals surface area contributed by atoms with E-state index in [4.69, 9.17) is 16.0 Å². The highest BCUT2D eigenvalue weighted by Gasteiger charge is 2.35. The molecule has 2 aromatic carbocycles. The first-order chi connectivity index (χ1) is 15.4. The number of furan rings is 1. The highest BCUT2D eigenvalue weighted by molar-refractivity contribution is 6.30. The predicted octanol–water partition coefficient (Wildman–Crippen LogP) is 5.70. The van der Waals surface area contributed by atoms with E-state index < -0.39 is 11.8 Å². The van der Waals surface area contributed by atoms with Gasteiger partial charge in [0.05, 0.1) is 6.54 Å². The number of aryl methyl sites for hydroxylation is 1. The molecule has 3 aromatic rings. The number of rotatable bonds is 4. The maximum absolute atomic E-state index is 13.2. The fourth-order valence-corrected chi connectivity index (χ4v) is 3.71. The van der Waals surface area contributed by atoms with Crippen LogP contribution in [0.3, 0.4) is 0 Å². The van der Waals surface area contributed by atoms with Crippen molar-refractivity contribution in [2.24, 2.45) is 0 Å². The van der Waals surface area contributed by atoms with E-state index in [0.29, 0.717) is 22.1 Å². The van der Waals surface area contributed by atoms with Crippen LogP contribution in [-0.4, -0.2) is 16.7 Å². The van der Waals surface area contributed by atoms with Gasteiger partial charge in [0.2, 0.25) is 0 Å². The summed E-state index contributed by atoms with van der Waals surface area (Å²) in [7, 11) is 0. The van der Waals surface area contributed by atoms with Crippen molar-refractivity contribution in [2.75, 3.05) is 0 Å². The van der Waals surface area contributed by atoms with Crippen molar-refractivity contribution in [3.05, 3.63) is 99.3 Å². The van der Waals surface area contributed by atoms with Gasteiger partial charge in [0.1, 0.15) is 23.2 Å². The summed E-state index contributed by atoms with van der Waals surface area (Å²) in [4.78, 5) is 27.2. The molecule has 158 valence electrons. The van der Waals surface area contributed by atoms with Crippen LogP contribution in [-0.2, 0) is 16.1 Å². The fourth-order valence-electron chi connectivity index (χ4n) is 3.52. The van der Waals surface area contributed by atoms with Crippen molar-refractivity contribution >= 4 is 29.5 Å². The van der Waals surface area contributed by atoms with Crippen LogP contribution in [0.4, 0.5) is 0 Å². The number of amides is 2. The van der Waals surface area contributed by atoms with E-state index >= 15 is 0 Å². The quantitative estimate of drug-likeness (QED) is 0.383. The largest absolute Gasteiger partial charge is 0.457 e. The summed E-state index contributed by atoms with van der Waals surface area (Å²) in [5, 5.41) is 10.2. The third kappa shape index (κ3) is 4.14. The lowest BCUT2D eigenvalue weighted by Gasteiger charge is -2.27. The van der Waals surface area contributed by atoms with Crippen LogP contribution in [0.1, 0.15) is 23.8 Å². The summed E-state index contributed by atoms with van der Waals surface area (Å²) in [6, 6.07) is 20.3. The van der Waals surface area contributed by atoms with Crippen molar-refractivity contribution in [3.8, 4) is 17.4 Å². The van der Waals surface area contributed by atoms with Gasteiger partial charge < -0.3 is 4.42 Å². The molecule has 0 atom stereocenters. The van der Waals surface area contributed by atoms with E-state index in [9.17, 15) is 14.9 Å². The third-order valence-corrected chi connectivity index (χ3v) is 5.54. The number of hydrogen-bond donors (Lipinski definition) is 0. The second-order valence-corrected chi connectivity index (χ2v) is 8.00. The second kappa shape index (κ2) is 8.70. The van der Waals surface area contributed by atoms with E-state index in [-0.39, 0.29) is 17.7 Å². The first-order valence-electron chi connectivity index (χ1n) is 9.98. The summed E-state index contributed by atoms with van der Waals surface area (Å²) in [6.07, 6.45) is 1.57. The van der Waals surface area contributed by atoms with Gasteiger partial charge in [-0.3, -0.25) is 14.5 Å². The van der Waals surface area contributed by atoms with E-state index in [2.05, 4.69) is 0 Å². The summed E-state index contributed by atoms with van der Waals surface area (Å²) in [5.41, 5.74) is 3.22. The van der Waals surface area contributed by atoms with Crippen LogP contribution >= 0.6 is 11.6 Å². The molecule has 4 rings (SSSR count). The number of halogens is 1. The summed E-state index contributed by atoms with van der Waals surface area (Å²) >= 11 is 6.06. The van der Waals surface area contributed by atoms with E-state index in [1.165, 1.54) is 0 Å². The number of nitriles is 1. The van der Waals surface area contributed by atoms with Gasteiger partial charge in [-0.15, -0.1) is 0 Å². The Kier molecular flexibility index (Phi) is 5.81. The van der Waals surface area contributed by atoms with Crippen molar-refractivity contribution in [2.45, 2.75) is 20.4 Å². The van der Waals surface area contributed by atoms with Crippen LogP contribution in [0, 0.1) is 18.3 Å². The smallest absolute Gasteiger partial charge is 0.271 e. The maximum atomic E-state index is 13.2. The zero-order valence-electron chi connectivity index (χ0n) is 17.6. The Morgan fingerprint density at radius 1 is 1.03 bits per heavy atom. The molecular weight excluding hydrogens is 424 g/mol. The molecule has 1 aromatic heterocycles. The van der Waals surface area contributed by atoms with Crippen LogP contribution in [0.5, 0.6) is 0 Å². The number of carbonyl (C=O) groups is 2. The summed E-state index contributed by atoms with van der Waals surface area (Å²) in [5.74, 6) is -0.0264. The highest BCUT2D eigenvalue weighted by Crippen LogP contribution is 2.30. The Morgan fingerprint density at radius 2 is 1.78 bits per heavy atom. The van der Waals surface area contributed by atoms with Gasteiger partial charge in [-0.1, -0.05) is 53.6 Å². The molecule has 1 aliphatic heterocycles. The molecule has 0 fully saturated rings. The molecule has 0 radical (unpaired) electrons. The topological polar surface area (TPSA) is 74.3 Å². The van der Waals surface area contributed by atoms with E-state index in [0.717, 1.165) is 21.6 Å². The van der Waals surface area contributed by atoms with Crippen molar-refractivity contribution in [1.29, 1.82) is 5.26 Å². The van der Waals surface area contributed by atoms with Gasteiger partial charge in [-0.05, 0) is 55.3 Å². The predicted molar refractivity (Wildman–Crippen MR) is 122 cm³/mol. The molecule has 0 spiro atoms. The Labute approximate surface area is 190 Å². The SMILES string of the molecule is CC1=C(C#N)C(=O)N(Cc2ccc(C)cc2)C(=O)/C1=C/c1ccc(-c2cccc(Cl)c2)o1. The molecule has 1 aliphatic rings. The molecule has 0 aliphatic carbocycles. The average molecular weight is 443 g/mol. The van der Waals surface area contributed by atoms with E-state index in [1.807, 2.05) is 49.4 Å². The van der Waals surface area contributed by atoms with Gasteiger partial charge >= 0.3 is 0 Å². The van der Waals surface area contributed by atoms with Crippen LogP contribution in [0.15, 0.2) is 81.8 Å². The first kappa shape index (κ1) is 21.4. The zero-order chi connectivity index (χ0) is 22.8.